The van der Waals surface area contributed by atoms with Crippen LogP contribution >= 0.6 is 0 Å². The molecule has 0 aliphatic heterocycles. The fourth-order valence-corrected chi connectivity index (χ4v) is 2.54. The van der Waals surface area contributed by atoms with Gasteiger partial charge in [0.1, 0.15) is 11.6 Å². The molecular formula is C14H14F2NNaO3. The zero-order valence-corrected chi connectivity index (χ0v) is 13.7. The van der Waals surface area contributed by atoms with Gasteiger partial charge in [-0.3, -0.25) is 4.79 Å². The number of rotatable bonds is 3. The van der Waals surface area contributed by atoms with Crippen molar-refractivity contribution in [2.75, 3.05) is 5.32 Å². The minimum atomic E-state index is -1.26. The van der Waals surface area contributed by atoms with Crippen LogP contribution in [0.3, 0.4) is 0 Å². The summed E-state index contributed by atoms with van der Waals surface area (Å²) >= 11 is 0. The summed E-state index contributed by atoms with van der Waals surface area (Å²) in [7, 11) is 0. The molecular weight excluding hydrogens is 291 g/mol. The normalized spacial score (nSPS) is 21.2. The zero-order valence-electron chi connectivity index (χ0n) is 11.7. The Kier molecular flexibility index (Phi) is 6.77. The van der Waals surface area contributed by atoms with E-state index in [0.29, 0.717) is 18.9 Å². The van der Waals surface area contributed by atoms with Crippen molar-refractivity contribution < 1.29 is 53.0 Å². The fraction of sp³-hybridized carbons (Fsp3) is 0.429. The van der Waals surface area contributed by atoms with Gasteiger partial charge in [0.15, 0.2) is 0 Å². The summed E-state index contributed by atoms with van der Waals surface area (Å²) in [6, 6.07) is 2.79. The van der Waals surface area contributed by atoms with Gasteiger partial charge < -0.3 is 15.2 Å². The molecule has 1 aliphatic carbocycles. The molecule has 2 atom stereocenters. The summed E-state index contributed by atoms with van der Waals surface area (Å²) in [5.74, 6) is -5.05. The summed E-state index contributed by atoms with van der Waals surface area (Å²) in [6.45, 7) is 0. The number of halogens is 2. The van der Waals surface area contributed by atoms with Gasteiger partial charge in [-0.25, -0.2) is 8.78 Å². The van der Waals surface area contributed by atoms with E-state index in [0.717, 1.165) is 25.0 Å². The van der Waals surface area contributed by atoms with Gasteiger partial charge in [0.05, 0.1) is 5.69 Å². The van der Waals surface area contributed by atoms with Gasteiger partial charge >= 0.3 is 29.6 Å². The number of nitrogens with one attached hydrogen (secondary N) is 1. The molecule has 1 fully saturated rings. The van der Waals surface area contributed by atoms with Crippen LogP contribution in [0, 0.1) is 23.5 Å². The molecule has 0 bridgehead atoms. The van der Waals surface area contributed by atoms with Crippen molar-refractivity contribution in [1.82, 2.24) is 0 Å². The van der Waals surface area contributed by atoms with Gasteiger partial charge in [-0.05, 0) is 25.0 Å². The monoisotopic (exact) mass is 305 g/mol. The summed E-state index contributed by atoms with van der Waals surface area (Å²) in [5.41, 5.74) is -0.154. The second kappa shape index (κ2) is 7.87. The third kappa shape index (κ3) is 4.49. The summed E-state index contributed by atoms with van der Waals surface area (Å²) < 4.78 is 26.2. The van der Waals surface area contributed by atoms with Crippen molar-refractivity contribution in [2.24, 2.45) is 11.8 Å². The maximum atomic E-state index is 13.5. The van der Waals surface area contributed by atoms with Crippen LogP contribution in [0.15, 0.2) is 18.2 Å². The molecule has 0 radical (unpaired) electrons. The first kappa shape index (κ1) is 18.1. The van der Waals surface area contributed by atoms with Crippen molar-refractivity contribution in [1.29, 1.82) is 0 Å². The second-order valence-corrected chi connectivity index (χ2v) is 4.93. The first-order valence-corrected chi connectivity index (χ1v) is 6.46. The molecule has 0 heterocycles. The van der Waals surface area contributed by atoms with Gasteiger partial charge in [-0.15, -0.1) is 0 Å². The number of carbonyl (C=O) groups excluding carboxylic acids is 2. The zero-order chi connectivity index (χ0) is 14.7. The van der Waals surface area contributed by atoms with Crippen LogP contribution in [0.4, 0.5) is 14.5 Å². The molecule has 4 nitrogen and oxygen atoms in total. The number of hydrogen-bond acceptors (Lipinski definition) is 3. The van der Waals surface area contributed by atoms with Gasteiger partial charge in [0.25, 0.3) is 0 Å². The number of hydrogen-bond donors (Lipinski definition) is 1. The van der Waals surface area contributed by atoms with E-state index in [1.165, 1.54) is 0 Å². The first-order valence-electron chi connectivity index (χ1n) is 6.46. The van der Waals surface area contributed by atoms with Crippen LogP contribution in [-0.4, -0.2) is 11.9 Å². The number of benzene rings is 1. The number of anilines is 1. The topological polar surface area (TPSA) is 69.2 Å². The van der Waals surface area contributed by atoms with Crippen LogP contribution in [-0.2, 0) is 9.59 Å². The van der Waals surface area contributed by atoms with Gasteiger partial charge in [-0.1, -0.05) is 12.8 Å². The maximum absolute atomic E-state index is 13.5. The third-order valence-corrected chi connectivity index (χ3v) is 3.59. The van der Waals surface area contributed by atoms with Crippen LogP contribution in [0.5, 0.6) is 0 Å². The molecule has 2 rings (SSSR count). The minimum Gasteiger partial charge on any atom is -0.550 e. The smallest absolute Gasteiger partial charge is 0.550 e. The SMILES string of the molecule is O=C(Nc1ccc(F)cc1F)[C@H]1CCCC[C@H]1C(=O)[O-].[Na+]. The maximum Gasteiger partial charge on any atom is 1.00 e. The molecule has 1 aromatic rings. The van der Waals surface area contributed by atoms with Crippen molar-refractivity contribution >= 4 is 17.6 Å². The number of carboxylic acids is 1. The summed E-state index contributed by atoms with van der Waals surface area (Å²) in [4.78, 5) is 23.1. The molecule has 1 aromatic carbocycles. The van der Waals surface area contributed by atoms with E-state index in [-0.39, 0.29) is 35.2 Å². The van der Waals surface area contributed by atoms with Gasteiger partial charge in [0, 0.05) is 23.9 Å². The van der Waals surface area contributed by atoms with E-state index < -0.39 is 35.3 Å². The predicted molar refractivity (Wildman–Crippen MR) is 65.4 cm³/mol. The molecule has 108 valence electrons. The molecule has 0 spiro atoms. The standard InChI is InChI=1S/C14H15F2NO3.Na/c15-8-5-6-12(11(16)7-8)17-13(18)9-3-1-2-4-10(9)14(19)20;/h5-7,9-10H,1-4H2,(H,17,18)(H,19,20);/q;+1/p-1/t9-,10+;/m0./s1. The molecule has 21 heavy (non-hydrogen) atoms. The fourth-order valence-electron chi connectivity index (χ4n) is 2.54. The van der Waals surface area contributed by atoms with E-state index in [4.69, 9.17) is 0 Å². The second-order valence-electron chi connectivity index (χ2n) is 4.93. The Labute approximate surface area is 143 Å². The Morgan fingerprint density at radius 2 is 1.76 bits per heavy atom. The molecule has 1 N–H and O–H groups in total. The average Bonchev–Trinajstić information content (AvgIpc) is 2.41. The Morgan fingerprint density at radius 3 is 2.33 bits per heavy atom. The van der Waals surface area contributed by atoms with E-state index in [1.54, 1.807) is 0 Å². The van der Waals surface area contributed by atoms with Crippen molar-refractivity contribution in [2.45, 2.75) is 25.7 Å². The Hall–Kier alpha value is -0.980. The van der Waals surface area contributed by atoms with E-state index >= 15 is 0 Å². The number of carboxylic acid groups (broad SMARTS) is 1. The van der Waals surface area contributed by atoms with E-state index in [9.17, 15) is 23.5 Å². The van der Waals surface area contributed by atoms with Crippen molar-refractivity contribution in [3.8, 4) is 0 Å². The first-order chi connectivity index (χ1) is 9.49. The van der Waals surface area contributed by atoms with Crippen molar-refractivity contribution in [3.63, 3.8) is 0 Å². The minimum absolute atomic E-state index is 0. The molecule has 0 aromatic heterocycles. The molecule has 1 saturated carbocycles. The Bertz CT molecular complexity index is 539. The molecule has 1 aliphatic rings. The third-order valence-electron chi connectivity index (χ3n) is 3.59. The predicted octanol–water partition coefficient (Wildman–Crippen LogP) is -1.54. The van der Waals surface area contributed by atoms with Gasteiger partial charge in [0.2, 0.25) is 5.91 Å². The summed E-state index contributed by atoms with van der Waals surface area (Å²) in [5, 5.41) is 13.3. The van der Waals surface area contributed by atoms with Crippen LogP contribution in [0.2, 0.25) is 0 Å². The number of aliphatic carboxylic acids is 1. The Balaban J connectivity index is 0.00000220. The molecule has 7 heteroatoms. The van der Waals surface area contributed by atoms with Crippen LogP contribution in [0.25, 0.3) is 0 Å². The van der Waals surface area contributed by atoms with E-state index in [2.05, 4.69) is 5.32 Å². The molecule has 1 amide bonds. The van der Waals surface area contributed by atoms with Crippen LogP contribution in [0.1, 0.15) is 25.7 Å². The van der Waals surface area contributed by atoms with Crippen LogP contribution < -0.4 is 40.0 Å². The molecule has 0 unspecified atom stereocenters. The quantitative estimate of drug-likeness (QED) is 0.689. The van der Waals surface area contributed by atoms with Crippen molar-refractivity contribution in [3.05, 3.63) is 29.8 Å². The largest absolute Gasteiger partial charge is 1.00 e. The van der Waals surface area contributed by atoms with Gasteiger partial charge in [-0.2, -0.15) is 0 Å². The number of amides is 1. The Morgan fingerprint density at radius 1 is 1.14 bits per heavy atom. The molecule has 0 saturated heterocycles. The number of carbonyl (C=O) groups is 2. The average molecular weight is 305 g/mol. The summed E-state index contributed by atoms with van der Waals surface area (Å²) in [6.07, 6.45) is 2.28. The van der Waals surface area contributed by atoms with E-state index in [1.807, 2.05) is 0 Å².